The molecule has 1 aromatic heterocycles. The first-order chi connectivity index (χ1) is 13.7. The van der Waals surface area contributed by atoms with Crippen LogP contribution in [0.15, 0.2) is 65.8 Å². The van der Waals surface area contributed by atoms with Crippen LogP contribution in [0, 0.1) is 5.82 Å². The third kappa shape index (κ3) is 6.74. The minimum Gasteiger partial charge on any atom is -0.497 e. The average Bonchev–Trinajstić information content (AvgIpc) is 3.21. The molecule has 29 heavy (non-hydrogen) atoms. The largest absolute Gasteiger partial charge is 0.497 e. The van der Waals surface area contributed by atoms with Crippen LogP contribution in [-0.4, -0.2) is 36.4 Å². The fourth-order valence-corrected chi connectivity index (χ4v) is 2.71. The van der Waals surface area contributed by atoms with Crippen LogP contribution in [-0.2, 0) is 13.0 Å². The molecule has 1 heterocycles. The molecule has 154 valence electrons. The van der Waals surface area contributed by atoms with Crippen LogP contribution in [0.25, 0.3) is 5.69 Å². The Morgan fingerprint density at radius 1 is 1.07 bits per heavy atom. The van der Waals surface area contributed by atoms with Gasteiger partial charge in [0.2, 0.25) is 0 Å². The van der Waals surface area contributed by atoms with Crippen molar-refractivity contribution in [1.29, 1.82) is 0 Å². The number of halogens is 2. The zero-order valence-electron chi connectivity index (χ0n) is 16.4. The Morgan fingerprint density at radius 2 is 1.79 bits per heavy atom. The summed E-state index contributed by atoms with van der Waals surface area (Å²) < 4.78 is 19.9. The Balaban J connectivity index is 0.00000300. The Labute approximate surface area is 187 Å². The summed E-state index contributed by atoms with van der Waals surface area (Å²) in [6.45, 7) is 1.25. The van der Waals surface area contributed by atoms with Crippen molar-refractivity contribution in [3.63, 3.8) is 0 Å². The molecule has 6 nitrogen and oxygen atoms in total. The average molecular weight is 509 g/mol. The van der Waals surface area contributed by atoms with Gasteiger partial charge < -0.3 is 15.4 Å². The number of ether oxygens (including phenoxy) is 1. The predicted molar refractivity (Wildman–Crippen MR) is 124 cm³/mol. The number of aliphatic imine (C=N–C) groups is 1. The third-order valence-corrected chi connectivity index (χ3v) is 4.26. The number of guanidine groups is 1. The summed E-state index contributed by atoms with van der Waals surface area (Å²) in [4.78, 5) is 4.22. The van der Waals surface area contributed by atoms with E-state index in [2.05, 4.69) is 20.7 Å². The highest BCUT2D eigenvalue weighted by Crippen LogP contribution is 2.14. The molecule has 0 aliphatic carbocycles. The molecule has 0 atom stereocenters. The van der Waals surface area contributed by atoms with Crippen LogP contribution in [0.3, 0.4) is 0 Å². The number of hydrogen-bond donors (Lipinski definition) is 2. The lowest BCUT2D eigenvalue weighted by molar-refractivity contribution is 0.414. The van der Waals surface area contributed by atoms with Gasteiger partial charge >= 0.3 is 0 Å². The minimum absolute atomic E-state index is 0. The first-order valence-corrected chi connectivity index (χ1v) is 9.06. The van der Waals surface area contributed by atoms with Crippen LogP contribution in [0.1, 0.15) is 11.3 Å². The summed E-state index contributed by atoms with van der Waals surface area (Å²) in [5, 5.41) is 11.1. The highest BCUT2D eigenvalue weighted by atomic mass is 127. The molecule has 0 spiro atoms. The van der Waals surface area contributed by atoms with Crippen molar-refractivity contribution in [2.45, 2.75) is 13.0 Å². The summed E-state index contributed by atoms with van der Waals surface area (Å²) in [7, 11) is 3.37. The van der Waals surface area contributed by atoms with Crippen molar-refractivity contribution >= 4 is 29.9 Å². The van der Waals surface area contributed by atoms with E-state index in [9.17, 15) is 4.39 Å². The zero-order chi connectivity index (χ0) is 19.8. The van der Waals surface area contributed by atoms with Gasteiger partial charge in [-0.25, -0.2) is 9.07 Å². The third-order valence-electron chi connectivity index (χ3n) is 4.26. The predicted octanol–water partition coefficient (Wildman–Crippen LogP) is 3.55. The van der Waals surface area contributed by atoms with E-state index in [4.69, 9.17) is 4.74 Å². The summed E-state index contributed by atoms with van der Waals surface area (Å²) in [5.74, 6) is 1.29. The van der Waals surface area contributed by atoms with Crippen LogP contribution in [0.4, 0.5) is 4.39 Å². The maximum atomic E-state index is 12.9. The maximum absolute atomic E-state index is 12.9. The van der Waals surface area contributed by atoms with E-state index in [0.717, 1.165) is 29.1 Å². The van der Waals surface area contributed by atoms with Crippen LogP contribution >= 0.6 is 24.0 Å². The second-order valence-corrected chi connectivity index (χ2v) is 6.18. The first kappa shape index (κ1) is 22.7. The lowest BCUT2D eigenvalue weighted by Crippen LogP contribution is -2.38. The zero-order valence-corrected chi connectivity index (χ0v) is 18.8. The molecule has 0 bridgehead atoms. The second kappa shape index (κ2) is 11.4. The SMILES string of the molecule is CN=C(NCCc1ccc(F)cc1)NCc1ccn(-c2ccc(OC)cc2)n1.I. The van der Waals surface area contributed by atoms with E-state index in [-0.39, 0.29) is 29.8 Å². The van der Waals surface area contributed by atoms with Gasteiger partial charge in [0.15, 0.2) is 5.96 Å². The molecule has 0 aliphatic heterocycles. The lowest BCUT2D eigenvalue weighted by Gasteiger charge is -2.11. The van der Waals surface area contributed by atoms with Crippen LogP contribution in [0.5, 0.6) is 5.75 Å². The van der Waals surface area contributed by atoms with E-state index >= 15 is 0 Å². The van der Waals surface area contributed by atoms with Gasteiger partial charge in [-0.05, 0) is 54.4 Å². The van der Waals surface area contributed by atoms with Gasteiger partial charge in [-0.1, -0.05) is 12.1 Å². The monoisotopic (exact) mass is 509 g/mol. The summed E-state index contributed by atoms with van der Waals surface area (Å²) in [5.41, 5.74) is 2.94. The van der Waals surface area contributed by atoms with Gasteiger partial charge in [-0.3, -0.25) is 4.99 Å². The smallest absolute Gasteiger partial charge is 0.191 e. The number of methoxy groups -OCH3 is 1. The van der Waals surface area contributed by atoms with Gasteiger partial charge in [0, 0.05) is 19.8 Å². The molecular weight excluding hydrogens is 484 g/mol. The molecule has 8 heteroatoms. The molecule has 0 saturated carbocycles. The molecule has 3 aromatic rings. The number of benzene rings is 2. The molecule has 0 unspecified atom stereocenters. The Bertz CT molecular complexity index is 910. The first-order valence-electron chi connectivity index (χ1n) is 9.06. The van der Waals surface area contributed by atoms with Gasteiger partial charge in [0.05, 0.1) is 25.0 Å². The Kier molecular flexibility index (Phi) is 8.91. The highest BCUT2D eigenvalue weighted by molar-refractivity contribution is 14.0. The van der Waals surface area contributed by atoms with Gasteiger partial charge in [-0.2, -0.15) is 5.10 Å². The summed E-state index contributed by atoms with van der Waals surface area (Å²) in [6, 6.07) is 16.2. The van der Waals surface area contributed by atoms with Crippen molar-refractivity contribution in [3.05, 3.63) is 77.9 Å². The minimum atomic E-state index is -0.219. The van der Waals surface area contributed by atoms with Crippen molar-refractivity contribution in [3.8, 4) is 11.4 Å². The fourth-order valence-electron chi connectivity index (χ4n) is 2.71. The Morgan fingerprint density at radius 3 is 2.45 bits per heavy atom. The van der Waals surface area contributed by atoms with Crippen LogP contribution in [0.2, 0.25) is 0 Å². The Hall–Kier alpha value is -2.62. The van der Waals surface area contributed by atoms with Gasteiger partial charge in [0.1, 0.15) is 11.6 Å². The number of nitrogens with zero attached hydrogens (tertiary/aromatic N) is 3. The number of rotatable bonds is 7. The molecule has 0 amide bonds. The molecule has 2 aromatic carbocycles. The van der Waals surface area contributed by atoms with Crippen molar-refractivity contribution in [2.24, 2.45) is 4.99 Å². The van der Waals surface area contributed by atoms with E-state index in [0.29, 0.717) is 19.0 Å². The molecule has 0 fully saturated rings. The molecule has 2 N–H and O–H groups in total. The molecule has 0 saturated heterocycles. The number of hydrogen-bond acceptors (Lipinski definition) is 3. The molecule has 3 rings (SSSR count). The quantitative estimate of drug-likeness (QED) is 0.291. The number of nitrogens with one attached hydrogen (secondary N) is 2. The van der Waals surface area contributed by atoms with Gasteiger partial charge in [0.25, 0.3) is 0 Å². The topological polar surface area (TPSA) is 63.5 Å². The number of aromatic nitrogens is 2. The second-order valence-electron chi connectivity index (χ2n) is 6.18. The molecular formula is C21H25FIN5O. The highest BCUT2D eigenvalue weighted by Gasteiger charge is 2.04. The lowest BCUT2D eigenvalue weighted by atomic mass is 10.1. The van der Waals surface area contributed by atoms with E-state index in [1.165, 1.54) is 12.1 Å². The summed E-state index contributed by atoms with van der Waals surface area (Å²) in [6.07, 6.45) is 2.70. The van der Waals surface area contributed by atoms with Crippen molar-refractivity contribution < 1.29 is 9.13 Å². The molecule has 0 aliphatic rings. The van der Waals surface area contributed by atoms with Gasteiger partial charge in [-0.15, -0.1) is 24.0 Å². The van der Waals surface area contributed by atoms with Crippen LogP contribution < -0.4 is 15.4 Å². The van der Waals surface area contributed by atoms with E-state index in [1.807, 2.05) is 41.2 Å². The fraction of sp³-hybridized carbons (Fsp3) is 0.238. The maximum Gasteiger partial charge on any atom is 0.191 e. The summed E-state index contributed by atoms with van der Waals surface area (Å²) >= 11 is 0. The standard InChI is InChI=1S/C21H24FN5O.HI/c1-23-21(24-13-11-16-3-5-17(22)6-4-16)25-15-18-12-14-27(26-18)19-7-9-20(28-2)10-8-19;/h3-10,12,14H,11,13,15H2,1-2H3,(H2,23,24,25);1H. The van der Waals surface area contributed by atoms with Crippen molar-refractivity contribution in [2.75, 3.05) is 20.7 Å². The normalized spacial score (nSPS) is 10.9. The molecule has 0 radical (unpaired) electrons. The van der Waals surface area contributed by atoms with E-state index < -0.39 is 0 Å². The van der Waals surface area contributed by atoms with Crippen molar-refractivity contribution in [1.82, 2.24) is 20.4 Å². The van der Waals surface area contributed by atoms with E-state index in [1.54, 1.807) is 26.3 Å².